The largest absolute Gasteiger partial charge is 0.459 e. The van der Waals surface area contributed by atoms with Crippen molar-refractivity contribution in [2.45, 2.75) is 26.5 Å². The van der Waals surface area contributed by atoms with E-state index in [1.165, 1.54) is 0 Å². The lowest BCUT2D eigenvalue weighted by Gasteiger charge is -2.07. The number of benzene rings is 2. The maximum Gasteiger partial charge on any atom is 0.315 e. The monoisotopic (exact) mass is 338 g/mol. The lowest BCUT2D eigenvalue weighted by atomic mass is 10.1. The summed E-state index contributed by atoms with van der Waals surface area (Å²) in [5, 5.41) is 15.8. The maximum absolute atomic E-state index is 11.9. The van der Waals surface area contributed by atoms with Gasteiger partial charge in [-0.15, -0.1) is 0 Å². The molecular formula is C20H22N2O3. The number of nitrogens with one attached hydrogen (secondary N) is 2. The molecule has 5 heteroatoms. The Morgan fingerprint density at radius 2 is 1.76 bits per heavy atom. The summed E-state index contributed by atoms with van der Waals surface area (Å²) in [7, 11) is 0. The number of carbonyl (C=O) groups is 1. The molecule has 0 unspecified atom stereocenters. The SMILES string of the molecule is Cc1c(CNC(=O)NCCc2ccc(CO)cc2)oc2ccccc12. The van der Waals surface area contributed by atoms with E-state index in [4.69, 9.17) is 9.52 Å². The van der Waals surface area contributed by atoms with Crippen molar-refractivity contribution in [1.82, 2.24) is 10.6 Å². The van der Waals surface area contributed by atoms with Gasteiger partial charge in [0.25, 0.3) is 0 Å². The van der Waals surface area contributed by atoms with Crippen LogP contribution in [0.25, 0.3) is 11.0 Å². The summed E-state index contributed by atoms with van der Waals surface area (Å²) >= 11 is 0. The molecule has 130 valence electrons. The molecule has 0 spiro atoms. The molecule has 5 nitrogen and oxygen atoms in total. The number of aliphatic hydroxyl groups excluding tert-OH is 1. The maximum atomic E-state index is 11.9. The summed E-state index contributed by atoms with van der Waals surface area (Å²) in [6.07, 6.45) is 0.739. The van der Waals surface area contributed by atoms with Crippen LogP contribution in [0.4, 0.5) is 4.79 Å². The quantitative estimate of drug-likeness (QED) is 0.646. The first-order chi connectivity index (χ1) is 12.2. The van der Waals surface area contributed by atoms with Crippen molar-refractivity contribution >= 4 is 17.0 Å². The molecule has 0 atom stereocenters. The van der Waals surface area contributed by atoms with Gasteiger partial charge in [0, 0.05) is 17.5 Å². The molecular weight excluding hydrogens is 316 g/mol. The normalized spacial score (nSPS) is 10.8. The molecule has 25 heavy (non-hydrogen) atoms. The Hall–Kier alpha value is -2.79. The standard InChI is InChI=1S/C20H22N2O3/c1-14-17-4-2-3-5-18(17)25-19(14)12-22-20(24)21-11-10-15-6-8-16(13-23)9-7-15/h2-9,23H,10-13H2,1H3,(H2,21,22,24). The minimum absolute atomic E-state index is 0.0438. The first-order valence-corrected chi connectivity index (χ1v) is 8.35. The zero-order valence-corrected chi connectivity index (χ0v) is 14.2. The Morgan fingerprint density at radius 1 is 1.04 bits per heavy atom. The van der Waals surface area contributed by atoms with E-state index in [-0.39, 0.29) is 12.6 Å². The third-order valence-electron chi connectivity index (χ3n) is 4.26. The van der Waals surface area contributed by atoms with Gasteiger partial charge in [-0.25, -0.2) is 4.79 Å². The fraction of sp³-hybridized carbons (Fsp3) is 0.250. The molecule has 0 aliphatic heterocycles. The van der Waals surface area contributed by atoms with Crippen molar-refractivity contribution in [3.05, 3.63) is 71.0 Å². The summed E-state index contributed by atoms with van der Waals surface area (Å²) in [6.45, 7) is 2.94. The number of aliphatic hydroxyl groups is 1. The van der Waals surface area contributed by atoms with Crippen molar-refractivity contribution in [2.24, 2.45) is 0 Å². The molecule has 3 N–H and O–H groups in total. The fourth-order valence-corrected chi connectivity index (χ4v) is 2.75. The highest BCUT2D eigenvalue weighted by atomic mass is 16.3. The van der Waals surface area contributed by atoms with Crippen LogP contribution in [0.2, 0.25) is 0 Å². The highest BCUT2D eigenvalue weighted by molar-refractivity contribution is 5.82. The predicted octanol–water partition coefficient (Wildman–Crippen LogP) is 3.28. The van der Waals surface area contributed by atoms with Gasteiger partial charge >= 0.3 is 6.03 Å². The number of carbonyl (C=O) groups excluding carboxylic acids is 1. The molecule has 0 aliphatic rings. The lowest BCUT2D eigenvalue weighted by Crippen LogP contribution is -2.36. The average Bonchev–Trinajstić information content (AvgIpc) is 2.97. The van der Waals surface area contributed by atoms with Crippen LogP contribution >= 0.6 is 0 Å². The van der Waals surface area contributed by atoms with Crippen molar-refractivity contribution < 1.29 is 14.3 Å². The molecule has 2 aromatic carbocycles. The number of hydrogen-bond donors (Lipinski definition) is 3. The molecule has 1 heterocycles. The fourth-order valence-electron chi connectivity index (χ4n) is 2.75. The van der Waals surface area contributed by atoms with Crippen molar-refractivity contribution in [3.8, 4) is 0 Å². The van der Waals surface area contributed by atoms with Crippen LogP contribution in [0.1, 0.15) is 22.5 Å². The van der Waals surface area contributed by atoms with E-state index in [0.717, 1.165) is 39.8 Å². The number of para-hydroxylation sites is 1. The van der Waals surface area contributed by atoms with Gasteiger partial charge in [0.2, 0.25) is 0 Å². The summed E-state index contributed by atoms with van der Waals surface area (Å²) in [4.78, 5) is 11.9. The number of hydrogen-bond acceptors (Lipinski definition) is 3. The predicted molar refractivity (Wildman–Crippen MR) is 97.3 cm³/mol. The van der Waals surface area contributed by atoms with Crippen LogP contribution in [0.3, 0.4) is 0 Å². The molecule has 3 aromatic rings. The first-order valence-electron chi connectivity index (χ1n) is 8.35. The van der Waals surface area contributed by atoms with E-state index in [1.54, 1.807) is 0 Å². The Kier molecular flexibility index (Phi) is 5.36. The molecule has 2 amide bonds. The van der Waals surface area contributed by atoms with E-state index in [1.807, 2.05) is 55.5 Å². The molecule has 3 rings (SSSR count). The molecule has 0 saturated heterocycles. The van der Waals surface area contributed by atoms with Gasteiger partial charge in [0.1, 0.15) is 11.3 Å². The second-order valence-corrected chi connectivity index (χ2v) is 5.98. The van der Waals surface area contributed by atoms with Crippen LogP contribution in [0.5, 0.6) is 0 Å². The average molecular weight is 338 g/mol. The van der Waals surface area contributed by atoms with Crippen molar-refractivity contribution in [1.29, 1.82) is 0 Å². The highest BCUT2D eigenvalue weighted by Crippen LogP contribution is 2.24. The Labute approximate surface area is 146 Å². The first kappa shape index (κ1) is 17.0. The number of amides is 2. The highest BCUT2D eigenvalue weighted by Gasteiger charge is 2.10. The lowest BCUT2D eigenvalue weighted by molar-refractivity contribution is 0.239. The Morgan fingerprint density at radius 3 is 2.48 bits per heavy atom. The molecule has 0 radical (unpaired) electrons. The third kappa shape index (κ3) is 4.19. The van der Waals surface area contributed by atoms with Crippen LogP contribution in [-0.4, -0.2) is 17.7 Å². The number of rotatable bonds is 6. The Balaban J connectivity index is 1.46. The number of urea groups is 1. The van der Waals surface area contributed by atoms with Crippen molar-refractivity contribution in [2.75, 3.05) is 6.54 Å². The number of aryl methyl sites for hydroxylation is 1. The zero-order valence-electron chi connectivity index (χ0n) is 14.2. The topological polar surface area (TPSA) is 74.5 Å². The Bertz CT molecular complexity index is 853. The van der Waals surface area contributed by atoms with Gasteiger partial charge in [-0.2, -0.15) is 0 Å². The van der Waals surface area contributed by atoms with Gasteiger partial charge in [-0.1, -0.05) is 42.5 Å². The van der Waals surface area contributed by atoms with Crippen LogP contribution < -0.4 is 10.6 Å². The second kappa shape index (κ2) is 7.85. The van der Waals surface area contributed by atoms with Gasteiger partial charge < -0.3 is 20.2 Å². The van der Waals surface area contributed by atoms with Gasteiger partial charge in [-0.05, 0) is 30.5 Å². The molecule has 0 aliphatic carbocycles. The molecule has 0 bridgehead atoms. The van der Waals surface area contributed by atoms with E-state index in [9.17, 15) is 4.79 Å². The minimum atomic E-state index is -0.216. The summed E-state index contributed by atoms with van der Waals surface area (Å²) in [6, 6.07) is 15.3. The number of furan rings is 1. The van der Waals surface area contributed by atoms with Gasteiger partial charge in [-0.3, -0.25) is 0 Å². The van der Waals surface area contributed by atoms with E-state index in [0.29, 0.717) is 13.1 Å². The van der Waals surface area contributed by atoms with Gasteiger partial charge in [0.05, 0.1) is 13.2 Å². The molecule has 1 aromatic heterocycles. The third-order valence-corrected chi connectivity index (χ3v) is 4.26. The molecule has 0 saturated carbocycles. The van der Waals surface area contributed by atoms with Crippen molar-refractivity contribution in [3.63, 3.8) is 0 Å². The van der Waals surface area contributed by atoms with Crippen LogP contribution in [0.15, 0.2) is 52.9 Å². The van der Waals surface area contributed by atoms with Crippen LogP contribution in [-0.2, 0) is 19.6 Å². The van der Waals surface area contributed by atoms with E-state index in [2.05, 4.69) is 10.6 Å². The summed E-state index contributed by atoms with van der Waals surface area (Å²) in [5.74, 6) is 0.774. The smallest absolute Gasteiger partial charge is 0.315 e. The summed E-state index contributed by atoms with van der Waals surface area (Å²) in [5.41, 5.74) is 3.89. The zero-order chi connectivity index (χ0) is 17.6. The minimum Gasteiger partial charge on any atom is -0.459 e. The van der Waals surface area contributed by atoms with Crippen LogP contribution in [0, 0.1) is 6.92 Å². The van der Waals surface area contributed by atoms with E-state index < -0.39 is 0 Å². The second-order valence-electron chi connectivity index (χ2n) is 5.98. The number of fused-ring (bicyclic) bond motifs is 1. The van der Waals surface area contributed by atoms with E-state index >= 15 is 0 Å². The molecule has 0 fully saturated rings. The summed E-state index contributed by atoms with van der Waals surface area (Å²) < 4.78 is 5.78. The van der Waals surface area contributed by atoms with Gasteiger partial charge in [0.15, 0.2) is 0 Å².